The fourth-order valence-electron chi connectivity index (χ4n) is 8.79. The lowest BCUT2D eigenvalue weighted by Crippen LogP contribution is -2.65. The number of benzene rings is 3. The number of imidazole rings is 1. The number of pyridine rings is 1. The van der Waals surface area contributed by atoms with E-state index >= 15 is 0 Å². The normalized spacial score (nSPS) is 20.8. The van der Waals surface area contributed by atoms with Crippen molar-refractivity contribution in [3.8, 4) is 22.8 Å². The lowest BCUT2D eigenvalue weighted by atomic mass is 9.82. The van der Waals surface area contributed by atoms with Gasteiger partial charge in [0, 0.05) is 73.4 Å². The minimum atomic E-state index is -1.16. The maximum absolute atomic E-state index is 14.9. The second kappa shape index (κ2) is 21.1. The van der Waals surface area contributed by atoms with E-state index in [1.807, 2.05) is 68.3 Å². The Morgan fingerprint density at radius 3 is 2.42 bits per heavy atom. The number of amides is 4. The topological polar surface area (TPSA) is 165 Å². The first kappa shape index (κ1) is 47.9. The lowest BCUT2D eigenvalue weighted by molar-refractivity contribution is -0.614. The van der Waals surface area contributed by atoms with Crippen LogP contribution in [0.25, 0.3) is 11.3 Å². The maximum Gasteiger partial charge on any atom is 0.245 e. The number of nitrogens with one attached hydrogen (secondary N) is 2. The number of aromatic nitrogens is 3. The van der Waals surface area contributed by atoms with Gasteiger partial charge in [-0.2, -0.15) is 4.73 Å². The molecule has 7 rings (SSSR count). The lowest BCUT2D eigenvalue weighted by Gasteiger charge is -2.45. The Labute approximate surface area is 395 Å². The average molecular weight is 940 g/mol. The predicted molar refractivity (Wildman–Crippen MR) is 250 cm³/mol. The van der Waals surface area contributed by atoms with Crippen LogP contribution in [0.15, 0.2) is 97.3 Å². The molecule has 2 saturated heterocycles. The van der Waals surface area contributed by atoms with Crippen molar-refractivity contribution in [2.45, 2.75) is 69.7 Å². The summed E-state index contributed by atoms with van der Waals surface area (Å²) in [5, 5.41) is 20.1. The molecule has 2 aliphatic rings. The van der Waals surface area contributed by atoms with Gasteiger partial charge in [0.05, 0.1) is 43.0 Å². The molecular formula is C49H56Cl2N8O7. The molecule has 4 atom stereocenters. The number of ether oxygens (including phenoxy) is 2. The number of carbonyl (C=O) groups excluding carboxylic acids is 4. The molecule has 0 aliphatic carbocycles. The minimum Gasteiger partial charge on any atom is -0.619 e. The zero-order chi connectivity index (χ0) is 47.1. The zero-order valence-electron chi connectivity index (χ0n) is 37.8. The number of carbonyl (C=O) groups is 4. The minimum absolute atomic E-state index is 0.0482. The van der Waals surface area contributed by atoms with Crippen LogP contribution in [0.5, 0.6) is 11.5 Å². The Morgan fingerprint density at radius 1 is 0.970 bits per heavy atom. The van der Waals surface area contributed by atoms with E-state index in [1.54, 1.807) is 60.4 Å². The van der Waals surface area contributed by atoms with Crippen LogP contribution in [0.2, 0.25) is 10.0 Å². The monoisotopic (exact) mass is 938 g/mol. The Bertz CT molecular complexity index is 2540. The Kier molecular flexibility index (Phi) is 15.3. The molecular weight excluding hydrogens is 883 g/mol. The molecule has 2 aliphatic heterocycles. The number of rotatable bonds is 13. The molecule has 4 heterocycles. The van der Waals surface area contributed by atoms with E-state index in [4.69, 9.17) is 32.7 Å². The van der Waals surface area contributed by atoms with Crippen molar-refractivity contribution in [2.24, 2.45) is 13.0 Å². The first-order valence-corrected chi connectivity index (χ1v) is 22.7. The van der Waals surface area contributed by atoms with Gasteiger partial charge in [-0.1, -0.05) is 47.5 Å². The van der Waals surface area contributed by atoms with Gasteiger partial charge < -0.3 is 44.6 Å². The summed E-state index contributed by atoms with van der Waals surface area (Å²) in [7, 11) is 7.39. The highest BCUT2D eigenvalue weighted by atomic mass is 35.5. The highest BCUT2D eigenvalue weighted by Gasteiger charge is 2.43. The van der Waals surface area contributed by atoms with E-state index in [1.165, 1.54) is 18.2 Å². The van der Waals surface area contributed by atoms with Crippen molar-refractivity contribution in [2.75, 3.05) is 40.9 Å². The van der Waals surface area contributed by atoms with Gasteiger partial charge in [0.25, 0.3) is 0 Å². The fraction of sp³-hybridized carbons (Fsp3) is 0.388. The number of hydrogen-bond donors (Lipinski definition) is 2. The second-order valence-electron chi connectivity index (χ2n) is 17.5. The molecule has 66 heavy (non-hydrogen) atoms. The van der Waals surface area contributed by atoms with Gasteiger partial charge in [0.2, 0.25) is 23.6 Å². The SMILES string of the molecule is COC[C@@H]1NC(=O)[C@H](C)N(Cc2ccc(Cl)cc2Oc2ccc(-c3cnc(CN(C)C)n3C)cc2)C(=O)C[C@@H](Cc2cccc[n+]2[O-])C(=O)N2CCC[C@@](Cc3ccc(Cl)cc3)(C2)NC1=O. The largest absolute Gasteiger partial charge is 0.619 e. The number of methoxy groups -OCH3 is 1. The summed E-state index contributed by atoms with van der Waals surface area (Å²) in [5.74, 6) is -1.22. The molecule has 0 unspecified atom stereocenters. The van der Waals surface area contributed by atoms with Crippen LogP contribution >= 0.6 is 23.2 Å². The number of fused-ring (bicyclic) bond motifs is 2. The van der Waals surface area contributed by atoms with Gasteiger partial charge in [-0.25, -0.2) is 4.98 Å². The molecule has 15 nitrogen and oxygen atoms in total. The molecule has 0 radical (unpaired) electrons. The summed E-state index contributed by atoms with van der Waals surface area (Å²) in [4.78, 5) is 68.3. The second-order valence-corrected chi connectivity index (χ2v) is 18.4. The Hall–Kier alpha value is -6.00. The third-order valence-corrected chi connectivity index (χ3v) is 12.8. The molecule has 2 aromatic heterocycles. The first-order valence-electron chi connectivity index (χ1n) is 21.9. The smallest absolute Gasteiger partial charge is 0.245 e. The molecule has 2 fully saturated rings. The van der Waals surface area contributed by atoms with Crippen molar-refractivity contribution in [3.63, 3.8) is 0 Å². The van der Waals surface area contributed by atoms with Crippen LogP contribution in [0.3, 0.4) is 0 Å². The molecule has 348 valence electrons. The fourth-order valence-corrected chi connectivity index (χ4v) is 9.08. The summed E-state index contributed by atoms with van der Waals surface area (Å²) in [6.45, 7) is 2.46. The molecule has 2 N–H and O–H groups in total. The Balaban J connectivity index is 1.22. The van der Waals surface area contributed by atoms with E-state index < -0.39 is 41.3 Å². The zero-order valence-corrected chi connectivity index (χ0v) is 39.3. The molecule has 5 aromatic rings. The van der Waals surface area contributed by atoms with Crippen molar-refractivity contribution in [3.05, 3.63) is 135 Å². The quantitative estimate of drug-likeness (QED) is 0.111. The average Bonchev–Trinajstić information content (AvgIpc) is 3.64. The summed E-state index contributed by atoms with van der Waals surface area (Å²) >= 11 is 12.8. The summed E-state index contributed by atoms with van der Waals surface area (Å²) in [6.07, 6.45) is 4.25. The van der Waals surface area contributed by atoms with Crippen LogP contribution in [0, 0.1) is 11.1 Å². The van der Waals surface area contributed by atoms with E-state index in [-0.39, 0.29) is 38.4 Å². The highest BCUT2D eigenvalue weighted by Crippen LogP contribution is 2.33. The number of hydrogen-bond acceptors (Lipinski definition) is 9. The number of nitrogens with zero attached hydrogens (tertiary/aromatic N) is 6. The van der Waals surface area contributed by atoms with Crippen molar-refractivity contribution >= 4 is 46.8 Å². The van der Waals surface area contributed by atoms with Gasteiger partial charge in [-0.05, 0) is 94.4 Å². The van der Waals surface area contributed by atoms with Crippen LogP contribution in [-0.4, -0.2) is 106 Å². The molecule has 4 amide bonds. The third-order valence-electron chi connectivity index (χ3n) is 12.3. The predicted octanol–water partition coefficient (Wildman–Crippen LogP) is 5.71. The van der Waals surface area contributed by atoms with Crippen LogP contribution < -0.4 is 20.1 Å². The number of halogens is 2. The van der Waals surface area contributed by atoms with E-state index in [0.29, 0.717) is 69.9 Å². The van der Waals surface area contributed by atoms with Gasteiger partial charge in [0.15, 0.2) is 11.9 Å². The van der Waals surface area contributed by atoms with Gasteiger partial charge in [0.1, 0.15) is 29.4 Å². The third kappa shape index (κ3) is 11.5. The van der Waals surface area contributed by atoms with Gasteiger partial charge >= 0.3 is 0 Å². The standard InChI is InChI=1S/C49H56Cl2N8O7/c1-32-46(61)53-41(30-65-5)47(62)54-49(26-33-10-15-37(50)16-11-33)20-8-21-57(31-49)48(63)36(23-39-9-6-7-22-59(39)64)24-45(60)58(32)28-35-12-17-38(51)25-43(35)66-40-18-13-34(14-19-40)42-27-52-44(56(42)4)29-55(2)3/h6-7,9-19,22,25,27,32,36,41H,8,20-21,23-24,26,28-31H2,1-5H3,(H,53,61)(H,54,62)/t32-,36+,41-,49+/m0/s1. The van der Waals surface area contributed by atoms with Crippen LogP contribution in [-0.2, 0) is 56.9 Å². The van der Waals surface area contributed by atoms with Gasteiger partial charge in [-0.15, -0.1) is 0 Å². The summed E-state index contributed by atoms with van der Waals surface area (Å²) in [6, 6.07) is 22.5. The highest BCUT2D eigenvalue weighted by molar-refractivity contribution is 6.31. The van der Waals surface area contributed by atoms with Crippen molar-refractivity contribution < 1.29 is 33.4 Å². The first-order chi connectivity index (χ1) is 31.6. The summed E-state index contributed by atoms with van der Waals surface area (Å²) in [5.41, 5.74) is 2.64. The van der Waals surface area contributed by atoms with Crippen LogP contribution in [0.4, 0.5) is 0 Å². The number of piperidine rings is 1. The molecule has 2 bridgehead atoms. The van der Waals surface area contributed by atoms with Crippen molar-refractivity contribution in [1.29, 1.82) is 0 Å². The van der Waals surface area contributed by atoms with Gasteiger partial charge in [-0.3, -0.25) is 19.2 Å². The summed E-state index contributed by atoms with van der Waals surface area (Å²) < 4.78 is 14.6. The molecule has 17 heteroatoms. The van der Waals surface area contributed by atoms with E-state index in [0.717, 1.165) is 22.6 Å². The van der Waals surface area contributed by atoms with E-state index in [2.05, 4.69) is 20.5 Å². The molecule has 0 spiro atoms. The molecule has 3 aromatic carbocycles. The van der Waals surface area contributed by atoms with E-state index in [9.17, 15) is 24.4 Å². The Morgan fingerprint density at radius 2 is 1.71 bits per heavy atom. The maximum atomic E-state index is 14.9. The van der Waals surface area contributed by atoms with Crippen molar-refractivity contribution in [1.82, 2.24) is 34.9 Å². The van der Waals surface area contributed by atoms with Crippen LogP contribution in [0.1, 0.15) is 48.8 Å². The molecule has 0 saturated carbocycles.